The van der Waals surface area contributed by atoms with Gasteiger partial charge in [0, 0.05) is 38.4 Å². The maximum absolute atomic E-state index is 13.1. The number of ether oxygens (including phenoxy) is 1. The summed E-state index contributed by atoms with van der Waals surface area (Å²) >= 11 is 0. The largest absolute Gasteiger partial charge is 0.480 e. The molecule has 1 saturated heterocycles. The van der Waals surface area contributed by atoms with E-state index in [0.717, 1.165) is 18.2 Å². The zero-order valence-corrected chi connectivity index (χ0v) is 17.9. The quantitative estimate of drug-likeness (QED) is 0.538. The van der Waals surface area contributed by atoms with Gasteiger partial charge >= 0.3 is 30.6 Å². The first-order valence-corrected chi connectivity index (χ1v) is 9.90. The number of piperazine rings is 1. The molecule has 0 bridgehead atoms. The van der Waals surface area contributed by atoms with Crippen LogP contribution < -0.4 is 5.32 Å². The molecule has 1 fully saturated rings. The van der Waals surface area contributed by atoms with E-state index in [1.165, 1.54) is 6.92 Å². The molecule has 7 nitrogen and oxygen atoms in total. The van der Waals surface area contributed by atoms with Gasteiger partial charge in [-0.3, -0.25) is 9.69 Å². The summed E-state index contributed by atoms with van der Waals surface area (Å²) in [6.07, 6.45) is -22.5. The van der Waals surface area contributed by atoms with Crippen molar-refractivity contribution in [2.45, 2.75) is 44.1 Å². The Morgan fingerprint density at radius 2 is 1.54 bits per heavy atom. The van der Waals surface area contributed by atoms with E-state index in [4.69, 9.17) is 5.11 Å². The number of nitrogens with one attached hydrogen (secondary N) is 1. The van der Waals surface area contributed by atoms with Crippen LogP contribution in [0.4, 0.5) is 50.0 Å². The molecular formula is C19H20F9N3O4. The first kappa shape index (κ1) is 28.3. The molecular weight excluding hydrogens is 505 g/mol. The highest BCUT2D eigenvalue weighted by Crippen LogP contribution is 2.36. The number of carboxylic acids is 1. The fourth-order valence-electron chi connectivity index (χ4n) is 3.14. The van der Waals surface area contributed by atoms with Gasteiger partial charge in [0.15, 0.2) is 0 Å². The second-order valence-electron chi connectivity index (χ2n) is 7.68. The lowest BCUT2D eigenvalue weighted by Crippen LogP contribution is -2.52. The molecule has 1 aliphatic heterocycles. The van der Waals surface area contributed by atoms with Crippen molar-refractivity contribution in [3.05, 3.63) is 29.3 Å². The number of carbonyl (C=O) groups is 2. The minimum absolute atomic E-state index is 0.0383. The van der Waals surface area contributed by atoms with Crippen LogP contribution in [-0.4, -0.2) is 77.6 Å². The molecule has 0 unspecified atom stereocenters. The maximum Gasteiger partial charge on any atom is 0.434 e. The van der Waals surface area contributed by atoms with Gasteiger partial charge in [0.1, 0.15) is 6.04 Å². The molecule has 198 valence electrons. The Labute approximate surface area is 192 Å². The van der Waals surface area contributed by atoms with Gasteiger partial charge < -0.3 is 20.1 Å². The van der Waals surface area contributed by atoms with Crippen molar-refractivity contribution >= 4 is 17.7 Å². The van der Waals surface area contributed by atoms with E-state index >= 15 is 0 Å². The average Bonchev–Trinajstić information content (AvgIpc) is 2.71. The number of anilines is 1. The summed E-state index contributed by atoms with van der Waals surface area (Å²) in [7, 11) is 0. The number of carboxylic acid groups (broad SMARTS) is 1. The van der Waals surface area contributed by atoms with Crippen LogP contribution in [0.5, 0.6) is 0 Å². The van der Waals surface area contributed by atoms with Gasteiger partial charge in [-0.1, -0.05) is 6.07 Å². The molecule has 1 aromatic rings. The minimum atomic E-state index is -5.85. The molecule has 0 spiro atoms. The van der Waals surface area contributed by atoms with Gasteiger partial charge in [0.05, 0.1) is 5.56 Å². The average molecular weight is 525 g/mol. The fraction of sp³-hybridized carbons (Fsp3) is 0.579. The van der Waals surface area contributed by atoms with Gasteiger partial charge in [-0.2, -0.15) is 39.5 Å². The number of halogens is 9. The molecule has 1 atom stereocenters. The van der Waals surface area contributed by atoms with Crippen molar-refractivity contribution in [3.63, 3.8) is 0 Å². The van der Waals surface area contributed by atoms with Crippen LogP contribution in [0.25, 0.3) is 0 Å². The number of rotatable bonds is 6. The molecule has 1 heterocycles. The number of hydrogen-bond donors (Lipinski definition) is 2. The summed E-state index contributed by atoms with van der Waals surface area (Å²) in [6.45, 7) is 0.460. The fourth-order valence-corrected chi connectivity index (χ4v) is 3.14. The van der Waals surface area contributed by atoms with Gasteiger partial charge in [-0.25, -0.2) is 4.79 Å². The van der Waals surface area contributed by atoms with Crippen LogP contribution in [0.15, 0.2) is 18.2 Å². The van der Waals surface area contributed by atoms with E-state index in [9.17, 15) is 49.1 Å². The van der Waals surface area contributed by atoms with E-state index in [2.05, 4.69) is 10.1 Å². The molecule has 2 rings (SSSR count). The third kappa shape index (κ3) is 7.80. The van der Waals surface area contributed by atoms with E-state index in [1.807, 2.05) is 0 Å². The third-order valence-corrected chi connectivity index (χ3v) is 5.02. The first-order chi connectivity index (χ1) is 15.9. The third-order valence-electron chi connectivity index (χ3n) is 5.02. The number of benzene rings is 1. The van der Waals surface area contributed by atoms with E-state index in [1.54, 1.807) is 4.90 Å². The highest BCUT2D eigenvalue weighted by atomic mass is 19.4. The van der Waals surface area contributed by atoms with E-state index in [0.29, 0.717) is 4.90 Å². The Kier molecular flexibility index (Phi) is 8.40. The highest BCUT2D eigenvalue weighted by molar-refractivity contribution is 5.77. The summed E-state index contributed by atoms with van der Waals surface area (Å²) in [4.78, 5) is 25.2. The monoisotopic (exact) mass is 525 g/mol. The zero-order chi connectivity index (χ0) is 26.8. The SMILES string of the molecule is C[C@H](Nc1cc(C(F)(F)F)ccc1CN1CCN(C(=O)OC(C(F)(F)F)C(F)(F)F)CC1)C(=O)O. The molecule has 1 amide bonds. The topological polar surface area (TPSA) is 82.1 Å². The molecule has 16 heteroatoms. The Morgan fingerprint density at radius 1 is 1.00 bits per heavy atom. The Morgan fingerprint density at radius 3 is 2.00 bits per heavy atom. The van der Waals surface area contributed by atoms with Crippen LogP contribution in [0, 0.1) is 0 Å². The molecule has 2 N–H and O–H groups in total. The Bertz CT molecular complexity index is 896. The predicted octanol–water partition coefficient (Wildman–Crippen LogP) is 4.34. The van der Waals surface area contributed by atoms with Crippen LogP contribution in [0.2, 0.25) is 0 Å². The Hall–Kier alpha value is -2.91. The normalized spacial score (nSPS) is 16.8. The number of alkyl halides is 9. The summed E-state index contributed by atoms with van der Waals surface area (Å²) in [5.41, 5.74) is -0.885. The summed E-state index contributed by atoms with van der Waals surface area (Å²) in [5.74, 6) is -1.32. The van der Waals surface area contributed by atoms with Crippen molar-refractivity contribution in [3.8, 4) is 0 Å². The van der Waals surface area contributed by atoms with Gasteiger partial charge in [-0.15, -0.1) is 0 Å². The minimum Gasteiger partial charge on any atom is -0.480 e. The first-order valence-electron chi connectivity index (χ1n) is 9.90. The van der Waals surface area contributed by atoms with Crippen molar-refractivity contribution in [1.82, 2.24) is 9.80 Å². The van der Waals surface area contributed by atoms with Crippen LogP contribution in [-0.2, 0) is 22.3 Å². The van der Waals surface area contributed by atoms with Crippen molar-refractivity contribution in [2.24, 2.45) is 0 Å². The molecule has 0 saturated carbocycles. The second-order valence-corrected chi connectivity index (χ2v) is 7.68. The van der Waals surface area contributed by atoms with Crippen LogP contribution >= 0.6 is 0 Å². The van der Waals surface area contributed by atoms with Crippen molar-refractivity contribution < 1.29 is 58.9 Å². The van der Waals surface area contributed by atoms with E-state index in [-0.39, 0.29) is 44.0 Å². The van der Waals surface area contributed by atoms with Gasteiger partial charge in [0.2, 0.25) is 0 Å². The van der Waals surface area contributed by atoms with Crippen molar-refractivity contribution in [2.75, 3.05) is 31.5 Å². The van der Waals surface area contributed by atoms with Gasteiger partial charge in [-0.05, 0) is 24.6 Å². The number of hydrogen-bond acceptors (Lipinski definition) is 5. The van der Waals surface area contributed by atoms with E-state index < -0.39 is 48.3 Å². The maximum atomic E-state index is 13.1. The smallest absolute Gasteiger partial charge is 0.434 e. The standard InChI is InChI=1S/C19H20F9N3O4/c1-10(14(32)33)29-13-8-12(17(20,21)22)3-2-11(13)9-30-4-6-31(7-5-30)16(34)35-15(18(23,24)25)19(26,27)28/h2-3,8,10,15,29H,4-7,9H2,1H3,(H,32,33)/t10-/m0/s1. The van der Waals surface area contributed by atoms with Crippen LogP contribution in [0.1, 0.15) is 18.1 Å². The summed E-state index contributed by atoms with van der Waals surface area (Å²) in [6, 6.07) is 1.40. The van der Waals surface area contributed by atoms with Gasteiger partial charge in [0.25, 0.3) is 6.10 Å². The lowest BCUT2D eigenvalue weighted by molar-refractivity contribution is -0.308. The highest BCUT2D eigenvalue weighted by Gasteiger charge is 2.60. The number of nitrogens with zero attached hydrogens (tertiary/aromatic N) is 2. The number of carbonyl (C=O) groups excluding carboxylic acids is 1. The Balaban J connectivity index is 2.08. The predicted molar refractivity (Wildman–Crippen MR) is 101 cm³/mol. The summed E-state index contributed by atoms with van der Waals surface area (Å²) < 4.78 is 118. The van der Waals surface area contributed by atoms with Crippen LogP contribution in [0.3, 0.4) is 0 Å². The number of aliphatic carboxylic acids is 1. The molecule has 0 radical (unpaired) electrons. The van der Waals surface area contributed by atoms with Crippen molar-refractivity contribution in [1.29, 1.82) is 0 Å². The molecule has 0 aromatic heterocycles. The number of amides is 1. The zero-order valence-electron chi connectivity index (χ0n) is 17.9. The summed E-state index contributed by atoms with van der Waals surface area (Å²) in [5, 5.41) is 11.5. The lowest BCUT2D eigenvalue weighted by Gasteiger charge is -2.35. The molecule has 1 aromatic carbocycles. The lowest BCUT2D eigenvalue weighted by atomic mass is 10.1. The molecule has 0 aliphatic carbocycles. The molecule has 1 aliphatic rings. The molecule has 35 heavy (non-hydrogen) atoms. The second kappa shape index (κ2) is 10.4.